The zero-order valence-electron chi connectivity index (χ0n) is 9.30. The molecule has 0 aliphatic rings. The minimum Gasteiger partial charge on any atom is -0.478 e. The predicted molar refractivity (Wildman–Crippen MR) is 67.8 cm³/mol. The molecule has 0 saturated heterocycles. The maximum atomic E-state index is 11.1. The van der Waals surface area contributed by atoms with Crippen LogP contribution in [0.15, 0.2) is 36.8 Å². The van der Waals surface area contributed by atoms with Gasteiger partial charge in [-0.3, -0.25) is 0 Å². The molecule has 0 saturated carbocycles. The monoisotopic (exact) mass is 263 g/mol. The van der Waals surface area contributed by atoms with Crippen LogP contribution < -0.4 is 5.32 Å². The van der Waals surface area contributed by atoms with E-state index in [4.69, 9.17) is 16.7 Å². The van der Waals surface area contributed by atoms with Crippen molar-refractivity contribution in [3.63, 3.8) is 0 Å². The number of aromatic carboxylic acids is 1. The van der Waals surface area contributed by atoms with Crippen LogP contribution in [0.5, 0.6) is 0 Å². The fraction of sp³-hybridized carbons (Fsp3) is 0.0833. The van der Waals surface area contributed by atoms with Gasteiger partial charge in [-0.25, -0.2) is 14.8 Å². The van der Waals surface area contributed by atoms with Crippen molar-refractivity contribution >= 4 is 23.3 Å². The summed E-state index contributed by atoms with van der Waals surface area (Å²) in [5.41, 5.74) is 1.42. The number of halogens is 1. The van der Waals surface area contributed by atoms with E-state index in [0.717, 1.165) is 5.69 Å². The summed E-state index contributed by atoms with van der Waals surface area (Å²) in [5.74, 6) is -1.03. The minimum atomic E-state index is -1.03. The number of carbonyl (C=O) groups is 1. The van der Waals surface area contributed by atoms with Crippen LogP contribution in [0.25, 0.3) is 0 Å². The Morgan fingerprint density at radius 2 is 2.22 bits per heavy atom. The van der Waals surface area contributed by atoms with E-state index in [1.807, 2.05) is 0 Å². The maximum absolute atomic E-state index is 11.1. The van der Waals surface area contributed by atoms with Gasteiger partial charge in [0.2, 0.25) is 0 Å². The van der Waals surface area contributed by atoms with E-state index in [2.05, 4.69) is 15.3 Å². The number of aromatic nitrogens is 2. The molecular formula is C12H10ClN3O2. The molecule has 2 N–H and O–H groups in total. The van der Waals surface area contributed by atoms with Crippen LogP contribution in [0.2, 0.25) is 5.02 Å². The van der Waals surface area contributed by atoms with Crippen molar-refractivity contribution in [3.05, 3.63) is 53.1 Å². The van der Waals surface area contributed by atoms with Gasteiger partial charge in [-0.15, -0.1) is 0 Å². The molecule has 1 aromatic heterocycles. The van der Waals surface area contributed by atoms with Crippen molar-refractivity contribution in [3.8, 4) is 0 Å². The smallest absolute Gasteiger partial charge is 0.337 e. The van der Waals surface area contributed by atoms with E-state index in [9.17, 15) is 4.79 Å². The van der Waals surface area contributed by atoms with E-state index < -0.39 is 5.97 Å². The zero-order chi connectivity index (χ0) is 13.0. The Bertz CT molecular complexity index is 561. The Balaban J connectivity index is 2.17. The summed E-state index contributed by atoms with van der Waals surface area (Å²) in [7, 11) is 0. The molecule has 92 valence electrons. The highest BCUT2D eigenvalue weighted by molar-refractivity contribution is 6.31. The standard InChI is InChI=1S/C12H10ClN3O2/c13-8-1-2-11(10(5-8)12(17)18)15-6-9-3-4-14-7-16-9/h1-5,7,15H,6H2,(H,17,18). The highest BCUT2D eigenvalue weighted by Gasteiger charge is 2.10. The zero-order valence-corrected chi connectivity index (χ0v) is 10.1. The van der Waals surface area contributed by atoms with Crippen LogP contribution in [0.1, 0.15) is 16.1 Å². The van der Waals surface area contributed by atoms with Crippen molar-refractivity contribution < 1.29 is 9.90 Å². The number of nitrogens with zero attached hydrogens (tertiary/aromatic N) is 2. The van der Waals surface area contributed by atoms with E-state index in [1.54, 1.807) is 24.4 Å². The number of rotatable bonds is 4. The van der Waals surface area contributed by atoms with Crippen molar-refractivity contribution in [2.75, 3.05) is 5.32 Å². The van der Waals surface area contributed by atoms with Gasteiger partial charge in [0, 0.05) is 16.9 Å². The third-order valence-corrected chi connectivity index (χ3v) is 2.55. The van der Waals surface area contributed by atoms with Crippen LogP contribution in [-0.2, 0) is 6.54 Å². The third-order valence-electron chi connectivity index (χ3n) is 2.32. The van der Waals surface area contributed by atoms with E-state index in [1.165, 1.54) is 12.4 Å². The molecule has 1 heterocycles. The third kappa shape index (κ3) is 2.95. The summed E-state index contributed by atoms with van der Waals surface area (Å²) in [6.45, 7) is 0.421. The lowest BCUT2D eigenvalue weighted by atomic mass is 10.2. The summed E-state index contributed by atoms with van der Waals surface area (Å²) in [4.78, 5) is 18.9. The number of benzene rings is 1. The summed E-state index contributed by atoms with van der Waals surface area (Å²) < 4.78 is 0. The van der Waals surface area contributed by atoms with Gasteiger partial charge in [-0.1, -0.05) is 11.6 Å². The number of hydrogen-bond acceptors (Lipinski definition) is 4. The second-order valence-corrected chi connectivity index (χ2v) is 3.99. The number of anilines is 1. The molecular weight excluding hydrogens is 254 g/mol. The Hall–Kier alpha value is -2.14. The molecule has 1 aromatic carbocycles. The topological polar surface area (TPSA) is 75.1 Å². The van der Waals surface area contributed by atoms with E-state index in [-0.39, 0.29) is 5.56 Å². The van der Waals surface area contributed by atoms with E-state index >= 15 is 0 Å². The van der Waals surface area contributed by atoms with Crippen LogP contribution in [0.3, 0.4) is 0 Å². The first-order valence-electron chi connectivity index (χ1n) is 5.18. The van der Waals surface area contributed by atoms with Gasteiger partial charge in [0.25, 0.3) is 0 Å². The number of carboxylic acids is 1. The highest BCUT2D eigenvalue weighted by Crippen LogP contribution is 2.21. The Morgan fingerprint density at radius 1 is 1.39 bits per heavy atom. The van der Waals surface area contributed by atoms with Gasteiger partial charge < -0.3 is 10.4 Å². The molecule has 0 amide bonds. The number of hydrogen-bond donors (Lipinski definition) is 2. The predicted octanol–water partition coefficient (Wildman–Crippen LogP) is 2.44. The fourth-order valence-electron chi connectivity index (χ4n) is 1.46. The second-order valence-electron chi connectivity index (χ2n) is 3.55. The molecule has 0 aliphatic heterocycles. The molecule has 6 heteroatoms. The first-order valence-corrected chi connectivity index (χ1v) is 5.56. The molecule has 0 fully saturated rings. The number of carboxylic acid groups (broad SMARTS) is 1. The summed E-state index contributed by atoms with van der Waals surface area (Å²) in [5, 5.41) is 12.5. The van der Waals surface area contributed by atoms with Gasteiger partial charge in [-0.05, 0) is 24.3 Å². The van der Waals surface area contributed by atoms with Crippen LogP contribution in [-0.4, -0.2) is 21.0 Å². The van der Waals surface area contributed by atoms with Gasteiger partial charge in [0.05, 0.1) is 17.8 Å². The van der Waals surface area contributed by atoms with Crippen LogP contribution >= 0.6 is 11.6 Å². The maximum Gasteiger partial charge on any atom is 0.337 e. The first-order chi connectivity index (χ1) is 8.66. The summed E-state index contributed by atoms with van der Waals surface area (Å²) in [6.07, 6.45) is 3.07. The van der Waals surface area contributed by atoms with Gasteiger partial charge >= 0.3 is 5.97 Å². The quantitative estimate of drug-likeness (QED) is 0.886. The summed E-state index contributed by atoms with van der Waals surface area (Å²) in [6, 6.07) is 6.43. The molecule has 2 rings (SSSR count). The fourth-order valence-corrected chi connectivity index (χ4v) is 1.63. The molecule has 0 atom stereocenters. The largest absolute Gasteiger partial charge is 0.478 e. The summed E-state index contributed by atoms with van der Waals surface area (Å²) >= 11 is 5.77. The van der Waals surface area contributed by atoms with Crippen molar-refractivity contribution in [1.82, 2.24) is 9.97 Å². The molecule has 18 heavy (non-hydrogen) atoms. The lowest BCUT2D eigenvalue weighted by Gasteiger charge is -2.09. The molecule has 5 nitrogen and oxygen atoms in total. The minimum absolute atomic E-state index is 0.136. The molecule has 2 aromatic rings. The average Bonchev–Trinajstić information content (AvgIpc) is 2.38. The Kier molecular flexibility index (Phi) is 3.74. The molecule has 0 radical (unpaired) electrons. The first kappa shape index (κ1) is 12.3. The lowest BCUT2D eigenvalue weighted by Crippen LogP contribution is -2.07. The lowest BCUT2D eigenvalue weighted by molar-refractivity contribution is 0.0698. The van der Waals surface area contributed by atoms with Crippen LogP contribution in [0.4, 0.5) is 5.69 Å². The van der Waals surface area contributed by atoms with Gasteiger partial charge in [-0.2, -0.15) is 0 Å². The highest BCUT2D eigenvalue weighted by atomic mass is 35.5. The molecule has 0 bridgehead atoms. The molecule has 0 aliphatic carbocycles. The Morgan fingerprint density at radius 3 is 2.89 bits per heavy atom. The normalized spacial score (nSPS) is 10.1. The van der Waals surface area contributed by atoms with Gasteiger partial charge in [0.1, 0.15) is 6.33 Å². The number of nitrogens with one attached hydrogen (secondary N) is 1. The second kappa shape index (κ2) is 5.46. The molecule has 0 unspecified atom stereocenters. The average molecular weight is 264 g/mol. The molecule has 0 spiro atoms. The van der Waals surface area contributed by atoms with Crippen LogP contribution in [0, 0.1) is 0 Å². The Labute approximate surface area is 108 Å². The SMILES string of the molecule is O=C(O)c1cc(Cl)ccc1NCc1ccncn1. The van der Waals surface area contributed by atoms with E-state index in [0.29, 0.717) is 17.3 Å². The van der Waals surface area contributed by atoms with Crippen molar-refractivity contribution in [2.45, 2.75) is 6.54 Å². The van der Waals surface area contributed by atoms with Gasteiger partial charge in [0.15, 0.2) is 0 Å². The van der Waals surface area contributed by atoms with Crippen molar-refractivity contribution in [1.29, 1.82) is 0 Å². The van der Waals surface area contributed by atoms with Crippen molar-refractivity contribution in [2.24, 2.45) is 0 Å².